The average molecular weight is 337 g/mol. The van der Waals surface area contributed by atoms with Crippen LogP contribution in [0.1, 0.15) is 37.8 Å². The zero-order valence-corrected chi connectivity index (χ0v) is 14.0. The molecule has 1 atom stereocenters. The zero-order valence-electron chi connectivity index (χ0n) is 14.0. The molecule has 0 aromatic heterocycles. The van der Waals surface area contributed by atoms with Gasteiger partial charge in [-0.2, -0.15) is 13.2 Å². The van der Waals surface area contributed by atoms with Crippen molar-refractivity contribution in [2.45, 2.75) is 39.0 Å². The summed E-state index contributed by atoms with van der Waals surface area (Å²) in [5.41, 5.74) is 0.998. The minimum Gasteiger partial charge on any atom is -0.489 e. The predicted molar refractivity (Wildman–Crippen MR) is 90.6 cm³/mol. The first-order valence-corrected chi connectivity index (χ1v) is 7.93. The maximum Gasteiger partial charge on any atom is 0.416 e. The molecule has 24 heavy (non-hydrogen) atoms. The zero-order chi connectivity index (χ0) is 17.7. The van der Waals surface area contributed by atoms with E-state index in [4.69, 9.17) is 4.74 Å². The Hall–Kier alpha value is -2.17. The third kappa shape index (κ3) is 5.18. The van der Waals surface area contributed by atoms with Gasteiger partial charge in [-0.1, -0.05) is 32.0 Å². The van der Waals surface area contributed by atoms with Gasteiger partial charge < -0.3 is 10.1 Å². The Balaban J connectivity index is 1.90. The van der Waals surface area contributed by atoms with Crippen LogP contribution in [0.15, 0.2) is 48.5 Å². The number of hydrogen-bond acceptors (Lipinski definition) is 2. The molecule has 0 aliphatic rings. The minimum absolute atomic E-state index is 0.176. The molecule has 0 amide bonds. The summed E-state index contributed by atoms with van der Waals surface area (Å²) in [5.74, 6) is 1.21. The number of anilines is 1. The van der Waals surface area contributed by atoms with E-state index in [1.165, 1.54) is 11.6 Å². The molecule has 0 saturated carbocycles. The second-order valence-electron chi connectivity index (χ2n) is 6.11. The largest absolute Gasteiger partial charge is 0.489 e. The molecule has 1 N–H and O–H groups in total. The van der Waals surface area contributed by atoms with Crippen LogP contribution in [0.5, 0.6) is 5.75 Å². The van der Waals surface area contributed by atoms with Gasteiger partial charge in [-0.25, -0.2) is 0 Å². The summed E-state index contributed by atoms with van der Waals surface area (Å²) in [6.07, 6.45) is -4.51. The first-order valence-electron chi connectivity index (χ1n) is 7.93. The number of halogens is 3. The quantitative estimate of drug-likeness (QED) is 0.729. The lowest BCUT2D eigenvalue weighted by molar-refractivity contribution is -0.137. The van der Waals surface area contributed by atoms with Crippen molar-refractivity contribution in [3.05, 3.63) is 59.7 Å². The fourth-order valence-electron chi connectivity index (χ4n) is 2.27. The summed E-state index contributed by atoms with van der Waals surface area (Å²) in [4.78, 5) is 0. The lowest BCUT2D eigenvalue weighted by Gasteiger charge is -2.17. The van der Waals surface area contributed by atoms with Gasteiger partial charge in [0.1, 0.15) is 11.9 Å². The molecule has 0 heterocycles. The molecule has 2 aromatic carbocycles. The molecule has 5 heteroatoms. The maximum atomic E-state index is 12.7. The molecular formula is C19H22F3NO. The lowest BCUT2D eigenvalue weighted by atomic mass is 10.0. The normalized spacial score (nSPS) is 13.0. The van der Waals surface area contributed by atoms with Gasteiger partial charge in [0.25, 0.3) is 0 Å². The SMILES string of the molecule is CC(CNc1cccc(C(F)(F)F)c1)Oc1ccc(C(C)C)cc1. The van der Waals surface area contributed by atoms with E-state index in [0.717, 1.165) is 17.9 Å². The number of ether oxygens (including phenoxy) is 1. The Morgan fingerprint density at radius 3 is 2.25 bits per heavy atom. The van der Waals surface area contributed by atoms with Gasteiger partial charge in [-0.3, -0.25) is 0 Å². The van der Waals surface area contributed by atoms with Crippen molar-refractivity contribution in [2.24, 2.45) is 0 Å². The van der Waals surface area contributed by atoms with Crippen molar-refractivity contribution in [3.8, 4) is 5.75 Å². The van der Waals surface area contributed by atoms with Crippen molar-refractivity contribution in [2.75, 3.05) is 11.9 Å². The third-order valence-corrected chi connectivity index (χ3v) is 3.67. The van der Waals surface area contributed by atoms with Crippen molar-refractivity contribution in [1.82, 2.24) is 0 Å². The summed E-state index contributed by atoms with van der Waals surface area (Å²) in [6.45, 7) is 6.53. The molecule has 2 aromatic rings. The van der Waals surface area contributed by atoms with E-state index in [-0.39, 0.29) is 6.10 Å². The third-order valence-electron chi connectivity index (χ3n) is 3.67. The Labute approximate surface area is 140 Å². The molecule has 0 bridgehead atoms. The van der Waals surface area contributed by atoms with E-state index in [0.29, 0.717) is 18.2 Å². The fraction of sp³-hybridized carbons (Fsp3) is 0.368. The Kier molecular flexibility index (Phi) is 5.75. The lowest BCUT2D eigenvalue weighted by Crippen LogP contribution is -2.22. The highest BCUT2D eigenvalue weighted by molar-refractivity contribution is 5.46. The first-order chi connectivity index (χ1) is 11.3. The van der Waals surface area contributed by atoms with Gasteiger partial charge in [-0.05, 0) is 48.7 Å². The van der Waals surface area contributed by atoms with E-state index in [1.54, 1.807) is 6.07 Å². The Morgan fingerprint density at radius 1 is 1.00 bits per heavy atom. The number of benzene rings is 2. The van der Waals surface area contributed by atoms with E-state index >= 15 is 0 Å². The number of rotatable bonds is 6. The standard InChI is InChI=1S/C19H22F3NO/c1-13(2)15-7-9-18(10-8-15)24-14(3)12-23-17-6-4-5-16(11-17)19(20,21)22/h4-11,13-14,23H,12H2,1-3H3. The number of nitrogens with one attached hydrogen (secondary N) is 1. The molecule has 0 spiro atoms. The van der Waals surface area contributed by atoms with Crippen molar-refractivity contribution in [1.29, 1.82) is 0 Å². The highest BCUT2D eigenvalue weighted by Crippen LogP contribution is 2.30. The van der Waals surface area contributed by atoms with Crippen LogP contribution in [0, 0.1) is 0 Å². The maximum absolute atomic E-state index is 12.7. The van der Waals surface area contributed by atoms with Crippen LogP contribution in [0.25, 0.3) is 0 Å². The van der Waals surface area contributed by atoms with Crippen LogP contribution < -0.4 is 10.1 Å². The van der Waals surface area contributed by atoms with E-state index < -0.39 is 11.7 Å². The summed E-state index contributed by atoms with van der Waals surface area (Å²) >= 11 is 0. The summed E-state index contributed by atoms with van der Waals surface area (Å²) in [7, 11) is 0. The molecule has 130 valence electrons. The first kappa shape index (κ1) is 18.2. The minimum atomic E-state index is -4.34. The van der Waals surface area contributed by atoms with Gasteiger partial charge in [0.15, 0.2) is 0 Å². The highest BCUT2D eigenvalue weighted by Gasteiger charge is 2.30. The van der Waals surface area contributed by atoms with E-state index in [9.17, 15) is 13.2 Å². The second kappa shape index (κ2) is 7.60. The van der Waals surface area contributed by atoms with E-state index in [1.807, 2.05) is 31.2 Å². The summed E-state index contributed by atoms with van der Waals surface area (Å²) < 4.78 is 43.9. The summed E-state index contributed by atoms with van der Waals surface area (Å²) in [6, 6.07) is 13.0. The number of hydrogen-bond donors (Lipinski definition) is 1. The number of alkyl halides is 3. The van der Waals surface area contributed by atoms with Gasteiger partial charge in [0.2, 0.25) is 0 Å². The van der Waals surface area contributed by atoms with Gasteiger partial charge in [0.05, 0.1) is 12.1 Å². The predicted octanol–water partition coefficient (Wildman–Crippen LogP) is 5.71. The molecular weight excluding hydrogens is 315 g/mol. The monoisotopic (exact) mass is 337 g/mol. The van der Waals surface area contributed by atoms with Gasteiger partial charge in [0, 0.05) is 5.69 Å². The smallest absolute Gasteiger partial charge is 0.416 e. The molecule has 0 radical (unpaired) electrons. The van der Waals surface area contributed by atoms with Crippen LogP contribution in [0.2, 0.25) is 0 Å². The molecule has 0 saturated heterocycles. The van der Waals surface area contributed by atoms with Crippen molar-refractivity contribution >= 4 is 5.69 Å². The van der Waals surface area contributed by atoms with E-state index in [2.05, 4.69) is 19.2 Å². The average Bonchev–Trinajstić information content (AvgIpc) is 2.53. The second-order valence-corrected chi connectivity index (χ2v) is 6.11. The Morgan fingerprint density at radius 2 is 1.67 bits per heavy atom. The molecule has 0 aliphatic carbocycles. The molecule has 2 nitrogen and oxygen atoms in total. The molecule has 0 fully saturated rings. The van der Waals surface area contributed by atoms with Crippen LogP contribution >= 0.6 is 0 Å². The van der Waals surface area contributed by atoms with Gasteiger partial charge in [-0.15, -0.1) is 0 Å². The fourth-order valence-corrected chi connectivity index (χ4v) is 2.27. The van der Waals surface area contributed by atoms with Gasteiger partial charge >= 0.3 is 6.18 Å². The topological polar surface area (TPSA) is 21.3 Å². The van der Waals surface area contributed by atoms with Crippen molar-refractivity contribution in [3.63, 3.8) is 0 Å². The highest BCUT2D eigenvalue weighted by atomic mass is 19.4. The molecule has 0 aliphatic heterocycles. The van der Waals surface area contributed by atoms with Crippen LogP contribution in [-0.4, -0.2) is 12.6 Å². The molecule has 1 unspecified atom stereocenters. The molecule has 2 rings (SSSR count). The van der Waals surface area contributed by atoms with Crippen LogP contribution in [-0.2, 0) is 6.18 Å². The van der Waals surface area contributed by atoms with Crippen LogP contribution in [0.4, 0.5) is 18.9 Å². The van der Waals surface area contributed by atoms with Crippen LogP contribution in [0.3, 0.4) is 0 Å². The van der Waals surface area contributed by atoms with Crippen molar-refractivity contribution < 1.29 is 17.9 Å². The summed E-state index contributed by atoms with van der Waals surface area (Å²) in [5, 5.41) is 2.98. The Bertz CT molecular complexity index is 650.